The second-order valence-corrected chi connectivity index (χ2v) is 6.05. The summed E-state index contributed by atoms with van der Waals surface area (Å²) in [5.74, 6) is -0.280. The van der Waals surface area contributed by atoms with Gasteiger partial charge < -0.3 is 5.32 Å². The summed E-state index contributed by atoms with van der Waals surface area (Å²) in [4.78, 5) is 15.1. The summed E-state index contributed by atoms with van der Waals surface area (Å²) in [6, 6.07) is 10.1. The second kappa shape index (κ2) is 7.33. The van der Waals surface area contributed by atoms with Crippen LogP contribution in [0.15, 0.2) is 41.8 Å². The Labute approximate surface area is 128 Å². The predicted molar refractivity (Wildman–Crippen MR) is 83.5 cm³/mol. The van der Waals surface area contributed by atoms with Gasteiger partial charge in [-0.3, -0.25) is 9.69 Å². The fourth-order valence-corrected chi connectivity index (χ4v) is 2.64. The van der Waals surface area contributed by atoms with Crippen LogP contribution in [0.3, 0.4) is 0 Å². The van der Waals surface area contributed by atoms with Crippen LogP contribution in [0.4, 0.5) is 4.39 Å². The standard InChI is InChI=1S/C16H19FN2OS/c1-12(16(20)18-10-15-7-4-8-21-15)19(2)11-13-5-3-6-14(17)9-13/h3-9,12H,10-11H2,1-2H3,(H,18,20). The first-order chi connectivity index (χ1) is 10.1. The van der Waals surface area contributed by atoms with Crippen molar-refractivity contribution >= 4 is 17.2 Å². The number of likely N-dealkylation sites (N-methyl/N-ethyl adjacent to an activating group) is 1. The molecule has 0 aliphatic carbocycles. The third-order valence-corrected chi connectivity index (χ3v) is 4.25. The summed E-state index contributed by atoms with van der Waals surface area (Å²) in [6.45, 7) is 2.93. The highest BCUT2D eigenvalue weighted by Gasteiger charge is 2.18. The normalized spacial score (nSPS) is 12.4. The zero-order valence-electron chi connectivity index (χ0n) is 12.2. The molecule has 0 saturated carbocycles. The van der Waals surface area contributed by atoms with Gasteiger partial charge in [0.25, 0.3) is 0 Å². The van der Waals surface area contributed by atoms with Crippen LogP contribution in [0.5, 0.6) is 0 Å². The largest absolute Gasteiger partial charge is 0.350 e. The number of nitrogens with one attached hydrogen (secondary N) is 1. The highest BCUT2D eigenvalue weighted by molar-refractivity contribution is 7.09. The Balaban J connectivity index is 1.86. The first kappa shape index (κ1) is 15.7. The number of rotatable bonds is 6. The Kier molecular flexibility index (Phi) is 5.47. The van der Waals surface area contributed by atoms with Crippen molar-refractivity contribution in [3.8, 4) is 0 Å². The molecule has 112 valence electrons. The van der Waals surface area contributed by atoms with Gasteiger partial charge in [-0.1, -0.05) is 18.2 Å². The van der Waals surface area contributed by atoms with Crippen LogP contribution < -0.4 is 5.32 Å². The molecule has 1 unspecified atom stereocenters. The van der Waals surface area contributed by atoms with E-state index in [-0.39, 0.29) is 17.8 Å². The molecule has 1 atom stereocenters. The molecule has 0 spiro atoms. The lowest BCUT2D eigenvalue weighted by atomic mass is 10.2. The van der Waals surface area contributed by atoms with Crippen LogP contribution in [0.1, 0.15) is 17.4 Å². The van der Waals surface area contributed by atoms with Crippen molar-refractivity contribution < 1.29 is 9.18 Å². The molecule has 1 aromatic carbocycles. The molecule has 0 fully saturated rings. The van der Waals surface area contributed by atoms with E-state index in [2.05, 4.69) is 5.32 Å². The van der Waals surface area contributed by atoms with Crippen molar-refractivity contribution in [2.75, 3.05) is 7.05 Å². The predicted octanol–water partition coefficient (Wildman–Crippen LogP) is 3.02. The minimum Gasteiger partial charge on any atom is -0.350 e. The van der Waals surface area contributed by atoms with E-state index >= 15 is 0 Å². The molecule has 1 amide bonds. The molecule has 2 rings (SSSR count). The summed E-state index contributed by atoms with van der Waals surface area (Å²) < 4.78 is 13.2. The number of benzene rings is 1. The molecule has 0 aliphatic rings. The van der Waals surface area contributed by atoms with Crippen molar-refractivity contribution in [1.82, 2.24) is 10.2 Å². The summed E-state index contributed by atoms with van der Waals surface area (Å²) in [5.41, 5.74) is 0.857. The van der Waals surface area contributed by atoms with E-state index in [0.717, 1.165) is 10.4 Å². The van der Waals surface area contributed by atoms with Gasteiger partial charge in [0.1, 0.15) is 5.82 Å². The van der Waals surface area contributed by atoms with Crippen LogP contribution in [0.25, 0.3) is 0 Å². The first-order valence-corrected chi connectivity index (χ1v) is 7.69. The molecular weight excluding hydrogens is 287 g/mol. The molecule has 2 aromatic rings. The van der Waals surface area contributed by atoms with Gasteiger partial charge in [-0.25, -0.2) is 4.39 Å². The Bertz CT molecular complexity index is 586. The number of hydrogen-bond acceptors (Lipinski definition) is 3. The number of halogens is 1. The zero-order valence-corrected chi connectivity index (χ0v) is 13.0. The van der Waals surface area contributed by atoms with Crippen LogP contribution in [0.2, 0.25) is 0 Å². The zero-order chi connectivity index (χ0) is 15.2. The number of thiophene rings is 1. The van der Waals surface area contributed by atoms with E-state index in [9.17, 15) is 9.18 Å². The molecule has 3 nitrogen and oxygen atoms in total. The molecule has 0 aliphatic heterocycles. The fraction of sp³-hybridized carbons (Fsp3) is 0.312. The van der Waals surface area contributed by atoms with Crippen LogP contribution >= 0.6 is 11.3 Å². The third-order valence-electron chi connectivity index (χ3n) is 3.38. The highest BCUT2D eigenvalue weighted by Crippen LogP contribution is 2.10. The molecular formula is C16H19FN2OS. The Morgan fingerprint density at radius 3 is 2.86 bits per heavy atom. The molecule has 1 heterocycles. The van der Waals surface area contributed by atoms with E-state index in [1.54, 1.807) is 17.4 Å². The lowest BCUT2D eigenvalue weighted by Crippen LogP contribution is -2.42. The molecule has 1 aromatic heterocycles. The minimum absolute atomic E-state index is 0.0256. The number of hydrogen-bond donors (Lipinski definition) is 1. The van der Waals surface area contributed by atoms with E-state index in [1.807, 2.05) is 42.5 Å². The number of nitrogens with zero attached hydrogens (tertiary/aromatic N) is 1. The average molecular weight is 306 g/mol. The average Bonchev–Trinajstić information content (AvgIpc) is 2.97. The molecule has 21 heavy (non-hydrogen) atoms. The highest BCUT2D eigenvalue weighted by atomic mass is 32.1. The van der Waals surface area contributed by atoms with E-state index in [0.29, 0.717) is 13.1 Å². The van der Waals surface area contributed by atoms with Crippen LogP contribution in [0, 0.1) is 5.82 Å². The maximum absolute atomic E-state index is 13.2. The van der Waals surface area contributed by atoms with Crippen molar-refractivity contribution in [2.45, 2.75) is 26.1 Å². The Morgan fingerprint density at radius 2 is 2.19 bits per heavy atom. The lowest BCUT2D eigenvalue weighted by molar-refractivity contribution is -0.125. The smallest absolute Gasteiger partial charge is 0.237 e. The molecule has 0 radical (unpaired) electrons. The SMILES string of the molecule is CC(C(=O)NCc1cccs1)N(C)Cc1cccc(F)c1. The van der Waals surface area contributed by atoms with Gasteiger partial charge in [-0.05, 0) is 43.1 Å². The van der Waals surface area contributed by atoms with Crippen molar-refractivity contribution in [2.24, 2.45) is 0 Å². The molecule has 5 heteroatoms. The summed E-state index contributed by atoms with van der Waals surface area (Å²) in [6.07, 6.45) is 0. The van der Waals surface area contributed by atoms with Gasteiger partial charge in [0.15, 0.2) is 0 Å². The Morgan fingerprint density at radius 1 is 1.38 bits per heavy atom. The van der Waals surface area contributed by atoms with E-state index in [4.69, 9.17) is 0 Å². The molecule has 0 bridgehead atoms. The van der Waals surface area contributed by atoms with Gasteiger partial charge >= 0.3 is 0 Å². The van der Waals surface area contributed by atoms with E-state index in [1.165, 1.54) is 12.1 Å². The Hall–Kier alpha value is -1.72. The maximum atomic E-state index is 13.2. The fourth-order valence-electron chi connectivity index (χ4n) is 2.00. The van der Waals surface area contributed by atoms with Crippen LogP contribution in [-0.4, -0.2) is 23.9 Å². The summed E-state index contributed by atoms with van der Waals surface area (Å²) >= 11 is 1.62. The van der Waals surface area contributed by atoms with E-state index < -0.39 is 0 Å². The molecule has 0 saturated heterocycles. The first-order valence-electron chi connectivity index (χ1n) is 6.81. The monoisotopic (exact) mass is 306 g/mol. The van der Waals surface area contributed by atoms with Crippen molar-refractivity contribution in [1.29, 1.82) is 0 Å². The summed E-state index contributed by atoms with van der Waals surface area (Å²) in [7, 11) is 1.86. The minimum atomic E-state index is -0.270. The van der Waals surface area contributed by atoms with Gasteiger partial charge in [0.2, 0.25) is 5.91 Å². The van der Waals surface area contributed by atoms with Gasteiger partial charge in [0, 0.05) is 11.4 Å². The van der Waals surface area contributed by atoms with Gasteiger partial charge in [-0.15, -0.1) is 11.3 Å². The van der Waals surface area contributed by atoms with Gasteiger partial charge in [-0.2, -0.15) is 0 Å². The van der Waals surface area contributed by atoms with Crippen molar-refractivity contribution in [3.63, 3.8) is 0 Å². The number of carbonyl (C=O) groups is 1. The second-order valence-electron chi connectivity index (χ2n) is 5.02. The topological polar surface area (TPSA) is 32.3 Å². The summed E-state index contributed by atoms with van der Waals surface area (Å²) in [5, 5.41) is 4.91. The third kappa shape index (κ3) is 4.65. The van der Waals surface area contributed by atoms with Crippen molar-refractivity contribution in [3.05, 3.63) is 58.0 Å². The maximum Gasteiger partial charge on any atom is 0.237 e. The molecule has 1 N–H and O–H groups in total. The van der Waals surface area contributed by atoms with Gasteiger partial charge in [0.05, 0.1) is 12.6 Å². The van der Waals surface area contributed by atoms with Crippen LogP contribution in [-0.2, 0) is 17.9 Å². The lowest BCUT2D eigenvalue weighted by Gasteiger charge is -2.23. The number of carbonyl (C=O) groups excluding carboxylic acids is 1. The quantitative estimate of drug-likeness (QED) is 0.890. The number of amides is 1.